The first-order valence-electron chi connectivity index (χ1n) is 20.4. The van der Waals surface area contributed by atoms with E-state index in [0.717, 1.165) is 18.2 Å². The summed E-state index contributed by atoms with van der Waals surface area (Å²) in [6.45, 7) is -2.65. The third-order valence-corrected chi connectivity index (χ3v) is 11.2. The molecule has 4 heterocycles. The minimum absolute atomic E-state index is 0.0354. The molecule has 3 fully saturated rings. The second-order valence-corrected chi connectivity index (χ2v) is 15.6. The molecule has 24 nitrogen and oxygen atoms in total. The molecule has 67 heavy (non-hydrogen) atoms. The van der Waals surface area contributed by atoms with Gasteiger partial charge in [0.25, 0.3) is 0 Å². The minimum atomic E-state index is -2.11. The highest BCUT2D eigenvalue weighted by atomic mass is 16.8. The van der Waals surface area contributed by atoms with Gasteiger partial charge in [-0.3, -0.25) is 4.79 Å². The Labute approximate surface area is 377 Å². The van der Waals surface area contributed by atoms with Gasteiger partial charge in [-0.2, -0.15) is 0 Å². The zero-order valence-electron chi connectivity index (χ0n) is 34.9. The van der Waals surface area contributed by atoms with Crippen molar-refractivity contribution in [2.75, 3.05) is 26.9 Å². The molecule has 0 saturated carbocycles. The number of carbonyl (C=O) groups is 1. The maximum Gasteiger partial charge on any atom is 0.331 e. The van der Waals surface area contributed by atoms with Gasteiger partial charge in [0.2, 0.25) is 23.8 Å². The van der Waals surface area contributed by atoms with Crippen LogP contribution in [0, 0.1) is 0 Å². The number of carbonyl (C=O) groups excluding carboxylic acids is 1. The second-order valence-electron chi connectivity index (χ2n) is 15.6. The Bertz CT molecular complexity index is 2440. The van der Waals surface area contributed by atoms with E-state index in [1.165, 1.54) is 55.7 Å². The summed E-state index contributed by atoms with van der Waals surface area (Å²) in [4.78, 5) is 27.4. The Balaban J connectivity index is 1.21. The molecule has 0 radical (unpaired) electrons. The third kappa shape index (κ3) is 10.1. The highest BCUT2D eigenvalue weighted by molar-refractivity contribution is 5.89. The van der Waals surface area contributed by atoms with Gasteiger partial charge in [0.1, 0.15) is 89.3 Å². The predicted octanol–water partition coefficient (Wildman–Crippen LogP) is -2.97. The monoisotopic (exact) mass is 948 g/mol. The first-order chi connectivity index (χ1) is 32.0. The van der Waals surface area contributed by atoms with E-state index in [4.69, 9.17) is 42.3 Å². The van der Waals surface area contributed by atoms with Crippen molar-refractivity contribution in [3.63, 3.8) is 0 Å². The summed E-state index contributed by atoms with van der Waals surface area (Å²) in [6.07, 6.45) is -25.6. The van der Waals surface area contributed by atoms with Crippen LogP contribution in [0.5, 0.6) is 34.5 Å². The van der Waals surface area contributed by atoms with Crippen molar-refractivity contribution in [1.29, 1.82) is 0 Å². The fourth-order valence-electron chi connectivity index (χ4n) is 7.54. The normalized spacial score (nSPS) is 32.3. The molecule has 3 aromatic carbocycles. The Kier molecular flexibility index (Phi) is 15.2. The molecule has 3 saturated heterocycles. The lowest BCUT2D eigenvalue weighted by Gasteiger charge is -2.46. The number of aliphatic hydroxyl groups is 10. The van der Waals surface area contributed by atoms with Crippen LogP contribution in [-0.4, -0.2) is 191 Å². The summed E-state index contributed by atoms with van der Waals surface area (Å²) in [7, 11) is 1.31. The number of hydrogen-bond acceptors (Lipinski definition) is 24. The van der Waals surface area contributed by atoms with Gasteiger partial charge in [-0.25, -0.2) is 4.79 Å². The minimum Gasteiger partial charge on any atom is -0.508 e. The Morgan fingerprint density at radius 3 is 1.94 bits per heavy atom. The van der Waals surface area contributed by atoms with Crippen LogP contribution >= 0.6 is 0 Å². The van der Waals surface area contributed by atoms with E-state index >= 15 is 0 Å². The molecule has 24 heteroatoms. The zero-order chi connectivity index (χ0) is 48.4. The van der Waals surface area contributed by atoms with Gasteiger partial charge in [-0.1, -0.05) is 6.07 Å². The molecular formula is C43H48O24. The highest BCUT2D eigenvalue weighted by Gasteiger charge is 2.53. The first-order valence-corrected chi connectivity index (χ1v) is 20.4. The van der Waals surface area contributed by atoms with Gasteiger partial charge in [-0.15, -0.1) is 0 Å². The summed E-state index contributed by atoms with van der Waals surface area (Å²) < 4.78 is 50.8. The number of phenolic OH excluding ortho intramolecular Hbond substituents is 3. The molecule has 1 aromatic heterocycles. The number of esters is 1. The summed E-state index contributed by atoms with van der Waals surface area (Å²) in [5.41, 5.74) is -1.12. The van der Waals surface area contributed by atoms with Gasteiger partial charge in [0, 0.05) is 23.8 Å². The molecule has 13 N–H and O–H groups in total. The van der Waals surface area contributed by atoms with Crippen LogP contribution in [0.2, 0.25) is 0 Å². The van der Waals surface area contributed by atoms with Crippen LogP contribution in [0.25, 0.3) is 28.4 Å². The topological polar surface area (TPSA) is 384 Å². The maximum atomic E-state index is 14.5. The molecule has 0 bridgehead atoms. The molecular weight excluding hydrogens is 900 g/mol. The Hall–Kier alpha value is -5.68. The van der Waals surface area contributed by atoms with Gasteiger partial charge in [0.15, 0.2) is 35.8 Å². The number of methoxy groups -OCH3 is 1. The van der Waals surface area contributed by atoms with E-state index in [9.17, 15) is 76.0 Å². The highest BCUT2D eigenvalue weighted by Crippen LogP contribution is 2.40. The van der Waals surface area contributed by atoms with Crippen LogP contribution in [-0.2, 0) is 28.5 Å². The zero-order valence-corrected chi connectivity index (χ0v) is 34.9. The smallest absolute Gasteiger partial charge is 0.331 e. The van der Waals surface area contributed by atoms with E-state index in [2.05, 4.69) is 0 Å². The Morgan fingerprint density at radius 2 is 1.28 bits per heavy atom. The second kappa shape index (κ2) is 20.7. The number of benzene rings is 3. The lowest BCUT2D eigenvalue weighted by atomic mass is 9.97. The summed E-state index contributed by atoms with van der Waals surface area (Å²) in [5.74, 6) is -3.75. The van der Waals surface area contributed by atoms with Crippen LogP contribution in [0.3, 0.4) is 0 Å². The van der Waals surface area contributed by atoms with Gasteiger partial charge < -0.3 is 109 Å². The predicted molar refractivity (Wildman–Crippen MR) is 220 cm³/mol. The van der Waals surface area contributed by atoms with Crippen molar-refractivity contribution in [2.45, 2.75) is 92.1 Å². The molecule has 3 aliphatic rings. The van der Waals surface area contributed by atoms with Crippen molar-refractivity contribution >= 4 is 23.0 Å². The van der Waals surface area contributed by atoms with Crippen molar-refractivity contribution in [3.05, 3.63) is 76.5 Å². The van der Waals surface area contributed by atoms with Gasteiger partial charge in [-0.05, 0) is 48.0 Å². The molecule has 4 aromatic rings. The number of fused-ring (bicyclic) bond motifs is 1. The Morgan fingerprint density at radius 1 is 0.657 bits per heavy atom. The van der Waals surface area contributed by atoms with Crippen LogP contribution < -0.4 is 19.6 Å². The fourth-order valence-corrected chi connectivity index (χ4v) is 7.54. The fraction of sp³-hybridized carbons (Fsp3) is 0.442. The van der Waals surface area contributed by atoms with Crippen molar-refractivity contribution < 1.29 is 113 Å². The summed E-state index contributed by atoms with van der Waals surface area (Å²) in [6, 6.07) is 11.1. The number of aromatic hydroxyl groups is 3. The molecule has 15 unspecified atom stereocenters. The average molecular weight is 949 g/mol. The number of rotatable bonds is 14. The third-order valence-electron chi connectivity index (χ3n) is 11.2. The lowest BCUT2D eigenvalue weighted by Crippen LogP contribution is -2.65. The number of hydrogen-bond donors (Lipinski definition) is 13. The van der Waals surface area contributed by atoms with E-state index in [1.807, 2.05) is 0 Å². The number of ether oxygens (including phenoxy) is 8. The van der Waals surface area contributed by atoms with Crippen molar-refractivity contribution in [3.8, 4) is 45.8 Å². The molecule has 364 valence electrons. The average Bonchev–Trinajstić information content (AvgIpc) is 3.31. The van der Waals surface area contributed by atoms with E-state index in [1.54, 1.807) is 0 Å². The van der Waals surface area contributed by atoms with Gasteiger partial charge in [0.05, 0.1) is 26.9 Å². The van der Waals surface area contributed by atoms with E-state index < -0.39 is 152 Å². The molecule has 15 atom stereocenters. The molecule has 0 spiro atoms. The van der Waals surface area contributed by atoms with Crippen molar-refractivity contribution in [1.82, 2.24) is 0 Å². The maximum absolute atomic E-state index is 14.5. The van der Waals surface area contributed by atoms with E-state index in [-0.39, 0.29) is 28.6 Å². The first kappa shape index (κ1) is 49.2. The lowest BCUT2D eigenvalue weighted by molar-refractivity contribution is -0.358. The number of phenols is 3. The van der Waals surface area contributed by atoms with E-state index in [0.29, 0.717) is 5.56 Å². The van der Waals surface area contributed by atoms with Crippen LogP contribution in [0.1, 0.15) is 5.56 Å². The van der Waals surface area contributed by atoms with Crippen molar-refractivity contribution in [2.24, 2.45) is 0 Å². The molecule has 7 rings (SSSR count). The molecule has 0 amide bonds. The van der Waals surface area contributed by atoms with Crippen LogP contribution in [0.15, 0.2) is 69.9 Å². The largest absolute Gasteiger partial charge is 0.508 e. The number of aliphatic hydroxyl groups excluding tert-OH is 10. The SMILES string of the molecule is COc1cc(C=CC(=O)OC2C(O)C(CO)OC(OC3C(Oc4c(-c5ccc(O)cc5)oc5cc(OC6OC(CO)C(O)C(O)C6O)cc(O)c5c4=O)OC(CO)C(O)C3O)C2O)ccc1O. The summed E-state index contributed by atoms with van der Waals surface area (Å²) in [5, 5.41) is 136. The standard InChI is InChI=1S/C43H48O24/c1-59-22-10-16(2-8-20(22)48)3-9-27(50)65-38-31(53)26(15-46)63-42(36(38)58)67-40-34(56)30(52)25(14-45)64-43(40)66-39-32(54)28-21(49)11-19(60-41-35(57)33(55)29(51)24(13-44)62-41)12-23(28)61-37(39)17-4-6-18(47)7-5-17/h2-12,24-26,29-31,33-36,38,40-49,51-53,55-58H,13-15H2,1H3. The quantitative estimate of drug-likeness (QED) is 0.0443. The van der Waals surface area contributed by atoms with Gasteiger partial charge >= 0.3 is 5.97 Å². The van der Waals surface area contributed by atoms with Crippen LogP contribution in [0.4, 0.5) is 0 Å². The summed E-state index contributed by atoms with van der Waals surface area (Å²) >= 11 is 0. The molecule has 0 aliphatic carbocycles. The molecule has 3 aliphatic heterocycles.